The zero-order valence-corrected chi connectivity index (χ0v) is 12.2. The first-order valence-corrected chi connectivity index (χ1v) is 6.53. The minimum atomic E-state index is -0.281. The second-order valence-electron chi connectivity index (χ2n) is 5.54. The van der Waals surface area contributed by atoms with Crippen molar-refractivity contribution in [2.24, 2.45) is 5.41 Å². The second kappa shape index (κ2) is 6.50. The van der Waals surface area contributed by atoms with Crippen molar-refractivity contribution in [3.05, 3.63) is 35.5 Å². The number of ketones is 1. The average Bonchev–Trinajstić information content (AvgIpc) is 2.39. The predicted octanol–water partition coefficient (Wildman–Crippen LogP) is 3.37. The summed E-state index contributed by atoms with van der Waals surface area (Å²) >= 11 is 0. The Labute approximate surface area is 115 Å². The molecule has 0 aromatic carbocycles. The molecular formula is C16H22O3. The lowest BCUT2D eigenvalue weighted by Crippen LogP contribution is -2.09. The molecule has 0 saturated heterocycles. The van der Waals surface area contributed by atoms with E-state index in [0.29, 0.717) is 24.8 Å². The van der Waals surface area contributed by atoms with Crippen molar-refractivity contribution in [2.75, 3.05) is 7.11 Å². The zero-order chi connectivity index (χ0) is 14.5. The van der Waals surface area contributed by atoms with E-state index < -0.39 is 0 Å². The summed E-state index contributed by atoms with van der Waals surface area (Å²) in [7, 11) is 1.39. The van der Waals surface area contributed by atoms with Gasteiger partial charge in [0.1, 0.15) is 0 Å². The number of carbonyl (C=O) groups is 2. The SMILES string of the molecule is COC(=O)/C1=C/CC(C)(C)/C=C/C(=O)/C(C)=C\CC1. The summed E-state index contributed by atoms with van der Waals surface area (Å²) in [5, 5.41) is 0. The fraction of sp³-hybridized carbons (Fsp3) is 0.500. The van der Waals surface area contributed by atoms with Gasteiger partial charge in [-0.25, -0.2) is 4.79 Å². The smallest absolute Gasteiger partial charge is 0.333 e. The lowest BCUT2D eigenvalue weighted by molar-refractivity contribution is -0.136. The predicted molar refractivity (Wildman–Crippen MR) is 75.6 cm³/mol. The van der Waals surface area contributed by atoms with Crippen LogP contribution in [0.3, 0.4) is 0 Å². The summed E-state index contributed by atoms with van der Waals surface area (Å²) in [4.78, 5) is 23.5. The number of esters is 1. The highest BCUT2D eigenvalue weighted by atomic mass is 16.5. The largest absolute Gasteiger partial charge is 0.466 e. The standard InChI is InChI=1S/C16H22O3/c1-12-6-5-7-13(15(18)19-4)8-10-16(2,3)11-9-14(12)17/h6,8-9,11H,5,7,10H2,1-4H3/b11-9+,12-6-,13-8+. The average molecular weight is 262 g/mol. The summed E-state index contributed by atoms with van der Waals surface area (Å²) in [6.45, 7) is 5.89. The first-order chi connectivity index (χ1) is 8.85. The van der Waals surface area contributed by atoms with Crippen molar-refractivity contribution in [3.8, 4) is 0 Å². The Hall–Kier alpha value is -1.64. The van der Waals surface area contributed by atoms with Crippen molar-refractivity contribution in [1.29, 1.82) is 0 Å². The molecule has 0 atom stereocenters. The number of ether oxygens (including phenoxy) is 1. The Morgan fingerprint density at radius 2 is 2.00 bits per heavy atom. The number of hydrogen-bond acceptors (Lipinski definition) is 3. The Morgan fingerprint density at radius 1 is 1.32 bits per heavy atom. The van der Waals surface area contributed by atoms with Crippen LogP contribution >= 0.6 is 0 Å². The van der Waals surface area contributed by atoms with Gasteiger partial charge in [-0.1, -0.05) is 32.1 Å². The maximum absolute atomic E-state index is 11.8. The van der Waals surface area contributed by atoms with Crippen LogP contribution in [0.5, 0.6) is 0 Å². The van der Waals surface area contributed by atoms with Gasteiger partial charge in [0.25, 0.3) is 0 Å². The molecule has 3 nitrogen and oxygen atoms in total. The van der Waals surface area contributed by atoms with Gasteiger partial charge in [0.2, 0.25) is 0 Å². The Morgan fingerprint density at radius 3 is 2.63 bits per heavy atom. The molecule has 0 N–H and O–H groups in total. The van der Waals surface area contributed by atoms with Crippen molar-refractivity contribution in [3.63, 3.8) is 0 Å². The molecule has 0 unspecified atom stereocenters. The van der Waals surface area contributed by atoms with Crippen LogP contribution in [-0.2, 0) is 14.3 Å². The highest BCUT2D eigenvalue weighted by molar-refractivity contribution is 6.03. The van der Waals surface area contributed by atoms with Crippen LogP contribution in [0.1, 0.15) is 40.0 Å². The third-order valence-corrected chi connectivity index (χ3v) is 3.26. The van der Waals surface area contributed by atoms with E-state index in [2.05, 4.69) is 0 Å². The zero-order valence-electron chi connectivity index (χ0n) is 12.2. The van der Waals surface area contributed by atoms with Crippen LogP contribution in [0.2, 0.25) is 0 Å². The lowest BCUT2D eigenvalue weighted by atomic mass is 9.87. The lowest BCUT2D eigenvalue weighted by Gasteiger charge is -2.18. The van der Waals surface area contributed by atoms with E-state index in [1.165, 1.54) is 7.11 Å². The topological polar surface area (TPSA) is 43.4 Å². The summed E-state index contributed by atoms with van der Waals surface area (Å²) in [5.74, 6) is -0.244. The molecule has 19 heavy (non-hydrogen) atoms. The molecular weight excluding hydrogens is 240 g/mol. The highest BCUT2D eigenvalue weighted by Crippen LogP contribution is 2.25. The fourth-order valence-electron chi connectivity index (χ4n) is 1.85. The van der Waals surface area contributed by atoms with Crippen molar-refractivity contribution in [1.82, 2.24) is 0 Å². The maximum atomic E-state index is 11.8. The molecule has 0 radical (unpaired) electrons. The van der Waals surface area contributed by atoms with Gasteiger partial charge in [0.05, 0.1) is 7.11 Å². The van der Waals surface area contributed by atoms with E-state index in [1.807, 2.05) is 32.1 Å². The van der Waals surface area contributed by atoms with Gasteiger partial charge < -0.3 is 4.74 Å². The van der Waals surface area contributed by atoms with E-state index in [0.717, 1.165) is 5.57 Å². The van der Waals surface area contributed by atoms with E-state index in [-0.39, 0.29) is 17.2 Å². The molecule has 0 bridgehead atoms. The third kappa shape index (κ3) is 4.86. The number of hydrogen-bond donors (Lipinski definition) is 0. The quantitative estimate of drug-likeness (QED) is 0.680. The molecule has 0 spiro atoms. The molecule has 0 amide bonds. The molecule has 3 heteroatoms. The Bertz CT molecular complexity index is 451. The van der Waals surface area contributed by atoms with Gasteiger partial charge >= 0.3 is 5.97 Å². The van der Waals surface area contributed by atoms with E-state index in [4.69, 9.17) is 4.74 Å². The van der Waals surface area contributed by atoms with Crippen LogP contribution in [-0.4, -0.2) is 18.9 Å². The fourth-order valence-corrected chi connectivity index (χ4v) is 1.85. The Balaban J connectivity index is 3.05. The first kappa shape index (κ1) is 15.4. The molecule has 0 fully saturated rings. The monoisotopic (exact) mass is 262 g/mol. The van der Waals surface area contributed by atoms with Crippen molar-refractivity contribution in [2.45, 2.75) is 40.0 Å². The summed E-state index contributed by atoms with van der Waals surface area (Å²) in [6, 6.07) is 0. The molecule has 1 aliphatic carbocycles. The third-order valence-electron chi connectivity index (χ3n) is 3.26. The molecule has 0 heterocycles. The molecule has 0 aliphatic heterocycles. The van der Waals surface area contributed by atoms with Gasteiger partial charge in [-0.05, 0) is 43.3 Å². The van der Waals surface area contributed by atoms with Gasteiger partial charge in [-0.15, -0.1) is 0 Å². The molecule has 1 rings (SSSR count). The second-order valence-corrected chi connectivity index (χ2v) is 5.54. The van der Waals surface area contributed by atoms with Crippen LogP contribution in [0.15, 0.2) is 35.5 Å². The summed E-state index contributed by atoms with van der Waals surface area (Å²) in [5.41, 5.74) is 1.25. The molecule has 0 saturated carbocycles. The summed E-state index contributed by atoms with van der Waals surface area (Å²) < 4.78 is 4.79. The van der Waals surface area contributed by atoms with E-state index in [9.17, 15) is 9.59 Å². The van der Waals surface area contributed by atoms with Crippen LogP contribution in [0.4, 0.5) is 0 Å². The van der Waals surface area contributed by atoms with Crippen molar-refractivity contribution >= 4 is 11.8 Å². The van der Waals surface area contributed by atoms with Gasteiger partial charge in [-0.3, -0.25) is 4.79 Å². The minimum absolute atomic E-state index is 0.0367. The van der Waals surface area contributed by atoms with E-state index >= 15 is 0 Å². The molecule has 0 aromatic rings. The summed E-state index contributed by atoms with van der Waals surface area (Å²) in [6.07, 6.45) is 9.32. The van der Waals surface area contributed by atoms with Gasteiger partial charge in [0, 0.05) is 5.57 Å². The highest BCUT2D eigenvalue weighted by Gasteiger charge is 2.17. The normalized spacial score (nSPS) is 27.3. The van der Waals surface area contributed by atoms with Crippen molar-refractivity contribution < 1.29 is 14.3 Å². The van der Waals surface area contributed by atoms with Gasteiger partial charge in [-0.2, -0.15) is 0 Å². The minimum Gasteiger partial charge on any atom is -0.466 e. The van der Waals surface area contributed by atoms with Crippen LogP contribution in [0.25, 0.3) is 0 Å². The first-order valence-electron chi connectivity index (χ1n) is 6.53. The maximum Gasteiger partial charge on any atom is 0.333 e. The number of methoxy groups -OCH3 is 1. The molecule has 104 valence electrons. The number of allylic oxidation sites excluding steroid dienone is 5. The van der Waals surface area contributed by atoms with Crippen LogP contribution < -0.4 is 0 Å². The van der Waals surface area contributed by atoms with E-state index in [1.54, 1.807) is 13.0 Å². The Kier molecular flexibility index (Phi) is 5.28. The molecule has 0 aromatic heterocycles. The number of carbonyl (C=O) groups excluding carboxylic acids is 2. The molecule has 1 aliphatic rings. The number of rotatable bonds is 1. The van der Waals surface area contributed by atoms with Crippen LogP contribution in [0, 0.1) is 5.41 Å². The van der Waals surface area contributed by atoms with Gasteiger partial charge in [0.15, 0.2) is 5.78 Å².